The van der Waals surface area contributed by atoms with Gasteiger partial charge in [-0.1, -0.05) is 6.58 Å². The van der Waals surface area contributed by atoms with E-state index in [0.717, 1.165) is 12.8 Å². The molecule has 0 radical (unpaired) electrons. The third-order valence-electron chi connectivity index (χ3n) is 1.28. The van der Waals surface area contributed by atoms with Gasteiger partial charge in [-0.05, 0) is 19.8 Å². The van der Waals surface area contributed by atoms with Crippen molar-refractivity contribution in [1.82, 2.24) is 4.72 Å². The minimum absolute atomic E-state index is 0.149. The van der Waals surface area contributed by atoms with Crippen molar-refractivity contribution in [3.05, 3.63) is 12.3 Å². The highest BCUT2D eigenvalue weighted by Crippen LogP contribution is 2.27. The fraction of sp³-hybridized carbons (Fsp3) is 0.667. The van der Waals surface area contributed by atoms with E-state index in [1.807, 2.05) is 0 Å². The molecule has 0 spiro atoms. The van der Waals surface area contributed by atoms with E-state index in [4.69, 9.17) is 0 Å². The molecule has 4 heteroatoms. The van der Waals surface area contributed by atoms with Crippen molar-refractivity contribution >= 4 is 10.0 Å². The summed E-state index contributed by atoms with van der Waals surface area (Å²) < 4.78 is 24.4. The van der Waals surface area contributed by atoms with Gasteiger partial charge in [-0.2, -0.15) is 0 Å². The van der Waals surface area contributed by atoms with Crippen LogP contribution in [0.15, 0.2) is 12.3 Å². The van der Waals surface area contributed by atoms with Crippen molar-refractivity contribution < 1.29 is 8.42 Å². The van der Waals surface area contributed by atoms with Crippen LogP contribution in [-0.4, -0.2) is 13.7 Å². The van der Waals surface area contributed by atoms with E-state index in [1.54, 1.807) is 6.92 Å². The van der Waals surface area contributed by atoms with Crippen molar-refractivity contribution in [1.29, 1.82) is 0 Å². The molecule has 1 N–H and O–H groups in total. The summed E-state index contributed by atoms with van der Waals surface area (Å²) in [4.78, 5) is 0. The zero-order valence-corrected chi connectivity index (χ0v) is 6.74. The van der Waals surface area contributed by atoms with Gasteiger partial charge in [0, 0.05) is 5.70 Å². The van der Waals surface area contributed by atoms with E-state index in [1.165, 1.54) is 0 Å². The van der Waals surface area contributed by atoms with Gasteiger partial charge in [0.2, 0.25) is 10.0 Å². The lowest BCUT2D eigenvalue weighted by Crippen LogP contribution is -2.24. The maximum atomic E-state index is 11.0. The molecule has 1 fully saturated rings. The van der Waals surface area contributed by atoms with Crippen LogP contribution in [0.2, 0.25) is 0 Å². The van der Waals surface area contributed by atoms with Gasteiger partial charge >= 0.3 is 0 Å². The fourth-order valence-electron chi connectivity index (χ4n) is 0.705. The average molecular weight is 161 g/mol. The normalized spacial score (nSPS) is 18.5. The van der Waals surface area contributed by atoms with Gasteiger partial charge in [-0.15, -0.1) is 0 Å². The van der Waals surface area contributed by atoms with Gasteiger partial charge in [0.25, 0.3) is 0 Å². The smallest absolute Gasteiger partial charge is 0.235 e. The molecule has 0 saturated heterocycles. The second-order valence-corrected chi connectivity index (χ2v) is 4.59. The summed E-state index contributed by atoms with van der Waals surface area (Å²) >= 11 is 0. The van der Waals surface area contributed by atoms with Gasteiger partial charge in [0.05, 0.1) is 5.25 Å². The van der Waals surface area contributed by atoms with Gasteiger partial charge in [-0.3, -0.25) is 4.72 Å². The molecule has 0 amide bonds. The fourth-order valence-corrected chi connectivity index (χ4v) is 2.11. The van der Waals surface area contributed by atoms with Crippen LogP contribution >= 0.6 is 0 Å². The molecule has 0 bridgehead atoms. The van der Waals surface area contributed by atoms with Gasteiger partial charge in [0.15, 0.2) is 0 Å². The lowest BCUT2D eigenvalue weighted by molar-refractivity contribution is 0.587. The second kappa shape index (κ2) is 2.27. The van der Waals surface area contributed by atoms with E-state index in [-0.39, 0.29) is 5.25 Å². The number of nitrogens with one attached hydrogen (secondary N) is 1. The maximum Gasteiger partial charge on any atom is 0.235 e. The third-order valence-corrected chi connectivity index (χ3v) is 3.26. The maximum absolute atomic E-state index is 11.0. The first-order chi connectivity index (χ1) is 4.52. The van der Waals surface area contributed by atoms with E-state index >= 15 is 0 Å². The molecule has 3 nitrogen and oxygen atoms in total. The van der Waals surface area contributed by atoms with Crippen LogP contribution < -0.4 is 4.72 Å². The van der Waals surface area contributed by atoms with Crippen LogP contribution in [0.4, 0.5) is 0 Å². The Bertz CT molecular complexity index is 238. The Kier molecular flexibility index (Phi) is 1.72. The van der Waals surface area contributed by atoms with Crippen LogP contribution in [0.5, 0.6) is 0 Å². The molecule has 1 saturated carbocycles. The first-order valence-electron chi connectivity index (χ1n) is 3.19. The van der Waals surface area contributed by atoms with Crippen molar-refractivity contribution in [3.63, 3.8) is 0 Å². The quantitative estimate of drug-likeness (QED) is 0.659. The summed E-state index contributed by atoms with van der Waals surface area (Å²) in [6, 6.07) is 0. The zero-order chi connectivity index (χ0) is 7.78. The van der Waals surface area contributed by atoms with Crippen LogP contribution in [0.3, 0.4) is 0 Å². The number of allylic oxidation sites excluding steroid dienone is 1. The molecule has 0 heterocycles. The van der Waals surface area contributed by atoms with Gasteiger partial charge < -0.3 is 0 Å². The third kappa shape index (κ3) is 1.73. The predicted octanol–water partition coefficient (Wildman–Crippen LogP) is 0.602. The summed E-state index contributed by atoms with van der Waals surface area (Å²) in [6.45, 7) is 5.10. The van der Waals surface area contributed by atoms with E-state index in [2.05, 4.69) is 11.3 Å². The highest BCUT2D eigenvalue weighted by Gasteiger charge is 2.35. The number of rotatable bonds is 3. The molecule has 1 rings (SSSR count). The summed E-state index contributed by atoms with van der Waals surface area (Å²) in [7, 11) is -3.04. The van der Waals surface area contributed by atoms with E-state index in [9.17, 15) is 8.42 Å². The molecule has 0 atom stereocenters. The van der Waals surface area contributed by atoms with Crippen LogP contribution in [0.25, 0.3) is 0 Å². The Balaban J connectivity index is 2.60. The highest BCUT2D eigenvalue weighted by atomic mass is 32.2. The Morgan fingerprint density at radius 2 is 2.10 bits per heavy atom. The molecule has 0 aromatic carbocycles. The number of hydrogen-bond acceptors (Lipinski definition) is 2. The van der Waals surface area contributed by atoms with Crippen molar-refractivity contribution in [3.8, 4) is 0 Å². The summed E-state index contributed by atoms with van der Waals surface area (Å²) in [6.07, 6.45) is 1.59. The molecule has 0 aliphatic heterocycles. The van der Waals surface area contributed by atoms with Gasteiger partial charge in [-0.25, -0.2) is 8.42 Å². The molecule has 1 aliphatic carbocycles. The topological polar surface area (TPSA) is 46.2 Å². The first kappa shape index (κ1) is 7.60. The second-order valence-electron chi connectivity index (χ2n) is 2.63. The van der Waals surface area contributed by atoms with Crippen LogP contribution in [0, 0.1) is 0 Å². The number of sulfonamides is 1. The lowest BCUT2D eigenvalue weighted by atomic mass is 10.6. The van der Waals surface area contributed by atoms with Crippen molar-refractivity contribution in [2.75, 3.05) is 0 Å². The Morgan fingerprint density at radius 1 is 1.60 bits per heavy atom. The zero-order valence-electron chi connectivity index (χ0n) is 5.92. The standard InChI is InChI=1S/C6H11NO2S/c1-5(2)7-10(8,9)6-3-4-6/h6-7H,1,3-4H2,2H3. The molecule has 0 aromatic heterocycles. The minimum atomic E-state index is -3.04. The monoisotopic (exact) mass is 161 g/mol. The molecule has 0 unspecified atom stereocenters. The van der Waals surface area contributed by atoms with E-state index < -0.39 is 10.0 Å². The molecular formula is C6H11NO2S. The molecule has 0 aromatic rings. The summed E-state index contributed by atoms with van der Waals surface area (Å²) in [5.74, 6) is 0. The van der Waals surface area contributed by atoms with Gasteiger partial charge in [0.1, 0.15) is 0 Å². The van der Waals surface area contributed by atoms with E-state index in [0.29, 0.717) is 5.70 Å². The predicted molar refractivity (Wildman–Crippen MR) is 39.9 cm³/mol. The van der Waals surface area contributed by atoms with Crippen molar-refractivity contribution in [2.24, 2.45) is 0 Å². The Morgan fingerprint density at radius 3 is 2.40 bits per heavy atom. The Hall–Kier alpha value is -0.510. The first-order valence-corrected chi connectivity index (χ1v) is 4.74. The van der Waals surface area contributed by atoms with Crippen LogP contribution in [0.1, 0.15) is 19.8 Å². The summed E-state index contributed by atoms with van der Waals surface area (Å²) in [5, 5.41) is -0.149. The number of hydrogen-bond donors (Lipinski definition) is 1. The minimum Gasteiger partial charge on any atom is -0.288 e. The SMILES string of the molecule is C=C(C)NS(=O)(=O)C1CC1. The Labute approximate surface area is 61.2 Å². The molecule has 10 heavy (non-hydrogen) atoms. The molecule has 1 aliphatic rings. The lowest BCUT2D eigenvalue weighted by Gasteiger charge is -2.03. The summed E-state index contributed by atoms with van der Waals surface area (Å²) in [5.41, 5.74) is 0.492. The van der Waals surface area contributed by atoms with Crippen molar-refractivity contribution in [2.45, 2.75) is 25.0 Å². The molecular weight excluding hydrogens is 150 g/mol. The van der Waals surface area contributed by atoms with Crippen LogP contribution in [-0.2, 0) is 10.0 Å². The highest BCUT2D eigenvalue weighted by molar-refractivity contribution is 7.90. The molecule has 58 valence electrons. The average Bonchev–Trinajstić information content (AvgIpc) is 2.35. The largest absolute Gasteiger partial charge is 0.288 e.